The van der Waals surface area contributed by atoms with Gasteiger partial charge >= 0.3 is 6.18 Å². The van der Waals surface area contributed by atoms with E-state index in [-0.39, 0.29) is 16.5 Å². The van der Waals surface area contributed by atoms with Crippen molar-refractivity contribution in [2.24, 2.45) is 0 Å². The van der Waals surface area contributed by atoms with E-state index in [2.05, 4.69) is 4.98 Å². The number of pyridine rings is 1. The third-order valence-electron chi connectivity index (χ3n) is 4.79. The van der Waals surface area contributed by atoms with Gasteiger partial charge in [-0.25, -0.2) is 0 Å². The molecule has 29 heavy (non-hydrogen) atoms. The van der Waals surface area contributed by atoms with Crippen molar-refractivity contribution in [3.05, 3.63) is 64.6 Å². The molecule has 0 amide bonds. The Morgan fingerprint density at radius 3 is 2.52 bits per heavy atom. The number of hydrogen-bond donors (Lipinski definition) is 0. The van der Waals surface area contributed by atoms with Crippen molar-refractivity contribution >= 4 is 21.7 Å². The number of nitrogens with zero attached hydrogens (tertiary/aromatic N) is 1. The summed E-state index contributed by atoms with van der Waals surface area (Å²) >= 11 is 0. The quantitative estimate of drug-likeness (QED) is 0.431. The van der Waals surface area contributed by atoms with Gasteiger partial charge in [0, 0.05) is 11.6 Å². The van der Waals surface area contributed by atoms with Crippen molar-refractivity contribution in [3.63, 3.8) is 0 Å². The zero-order valence-corrected chi connectivity index (χ0v) is 14.7. The van der Waals surface area contributed by atoms with E-state index in [9.17, 15) is 18.0 Å². The Morgan fingerprint density at radius 1 is 1.00 bits per heavy atom. The van der Waals surface area contributed by atoms with Gasteiger partial charge in [-0.15, -0.1) is 0 Å². The van der Waals surface area contributed by atoms with Crippen LogP contribution in [0.1, 0.15) is 5.56 Å². The van der Waals surface area contributed by atoms with Gasteiger partial charge in [0.1, 0.15) is 25.1 Å². The van der Waals surface area contributed by atoms with Crippen LogP contribution in [0.3, 0.4) is 0 Å². The molecule has 0 bridgehead atoms. The van der Waals surface area contributed by atoms with Crippen LogP contribution in [0, 0.1) is 0 Å². The Kier molecular flexibility index (Phi) is 3.77. The van der Waals surface area contributed by atoms with Crippen LogP contribution in [0.4, 0.5) is 13.2 Å². The monoisotopic (exact) mass is 399 g/mol. The Balaban J connectivity index is 1.83. The normalized spacial score (nSPS) is 13.8. The molecule has 4 aromatic rings. The van der Waals surface area contributed by atoms with Gasteiger partial charge < -0.3 is 13.9 Å². The average Bonchev–Trinajstić information content (AvgIpc) is 2.71. The molecule has 0 saturated carbocycles. The van der Waals surface area contributed by atoms with E-state index in [1.165, 1.54) is 12.3 Å². The zero-order valence-electron chi connectivity index (χ0n) is 14.7. The summed E-state index contributed by atoms with van der Waals surface area (Å²) < 4.78 is 56.9. The Hall–Kier alpha value is -3.55. The summed E-state index contributed by atoms with van der Waals surface area (Å²) in [7, 11) is 0. The van der Waals surface area contributed by atoms with E-state index in [1.807, 2.05) is 0 Å². The van der Waals surface area contributed by atoms with E-state index in [0.717, 1.165) is 12.3 Å². The number of fused-ring (bicyclic) bond motifs is 4. The topological polar surface area (TPSA) is 61.6 Å². The van der Waals surface area contributed by atoms with Crippen molar-refractivity contribution in [1.29, 1.82) is 0 Å². The van der Waals surface area contributed by atoms with Gasteiger partial charge in [0.15, 0.2) is 11.5 Å². The van der Waals surface area contributed by atoms with E-state index in [1.54, 1.807) is 24.3 Å². The van der Waals surface area contributed by atoms with Gasteiger partial charge in [0.2, 0.25) is 5.43 Å². The van der Waals surface area contributed by atoms with E-state index < -0.39 is 22.9 Å². The predicted octanol–water partition coefficient (Wildman–Crippen LogP) is 4.80. The molecule has 1 aliphatic heterocycles. The van der Waals surface area contributed by atoms with Crippen LogP contribution in [0.5, 0.6) is 11.5 Å². The molecular weight excluding hydrogens is 387 g/mol. The van der Waals surface area contributed by atoms with Gasteiger partial charge in [-0.1, -0.05) is 6.07 Å². The van der Waals surface area contributed by atoms with Gasteiger partial charge in [-0.05, 0) is 35.7 Å². The molecule has 5 rings (SSSR count). The van der Waals surface area contributed by atoms with Crippen molar-refractivity contribution in [2.45, 2.75) is 6.18 Å². The molecule has 0 spiro atoms. The molecule has 0 fully saturated rings. The minimum atomic E-state index is -4.66. The zero-order chi connectivity index (χ0) is 20.2. The first-order valence-electron chi connectivity index (χ1n) is 8.74. The maximum Gasteiger partial charge on any atom is 0.418 e. The van der Waals surface area contributed by atoms with Crippen LogP contribution >= 0.6 is 0 Å². The maximum atomic E-state index is 13.4. The lowest BCUT2D eigenvalue weighted by Crippen LogP contribution is -2.15. The Bertz CT molecular complexity index is 1330. The molecule has 3 heterocycles. The van der Waals surface area contributed by atoms with Crippen molar-refractivity contribution < 1.29 is 27.1 Å². The molecule has 146 valence electrons. The number of hydrogen-bond acceptors (Lipinski definition) is 5. The van der Waals surface area contributed by atoms with Crippen LogP contribution < -0.4 is 14.9 Å². The van der Waals surface area contributed by atoms with Gasteiger partial charge in [-0.2, -0.15) is 13.2 Å². The molecule has 0 radical (unpaired) electrons. The molecule has 1 aliphatic rings. The largest absolute Gasteiger partial charge is 0.486 e. The maximum absolute atomic E-state index is 13.4. The van der Waals surface area contributed by atoms with E-state index in [0.29, 0.717) is 35.5 Å². The highest BCUT2D eigenvalue weighted by Crippen LogP contribution is 2.38. The molecule has 8 heteroatoms. The SMILES string of the molecule is O=c1c(-c2ncccc2C(F)(F)F)coc2ccc3cc4c(cc3c12)OCCO4. The third kappa shape index (κ3) is 2.79. The lowest BCUT2D eigenvalue weighted by Gasteiger charge is -2.19. The van der Waals surface area contributed by atoms with Crippen molar-refractivity contribution in [2.75, 3.05) is 13.2 Å². The number of ether oxygens (including phenoxy) is 2. The fourth-order valence-electron chi connectivity index (χ4n) is 3.50. The molecule has 0 aliphatic carbocycles. The molecular formula is C21H12F3NO4. The molecule has 2 aromatic carbocycles. The van der Waals surface area contributed by atoms with Crippen LogP contribution in [0.25, 0.3) is 33.0 Å². The smallest absolute Gasteiger partial charge is 0.418 e. The summed E-state index contributed by atoms with van der Waals surface area (Å²) in [4.78, 5) is 17.1. The number of rotatable bonds is 1. The summed E-state index contributed by atoms with van der Waals surface area (Å²) in [6, 6.07) is 8.79. The van der Waals surface area contributed by atoms with E-state index in [4.69, 9.17) is 13.9 Å². The van der Waals surface area contributed by atoms with Crippen LogP contribution in [-0.4, -0.2) is 18.2 Å². The number of alkyl halides is 3. The van der Waals surface area contributed by atoms with Crippen LogP contribution in [0.2, 0.25) is 0 Å². The highest BCUT2D eigenvalue weighted by atomic mass is 19.4. The first-order chi connectivity index (χ1) is 13.9. The lowest BCUT2D eigenvalue weighted by atomic mass is 10.0. The number of aromatic nitrogens is 1. The average molecular weight is 399 g/mol. The number of benzene rings is 2. The molecule has 0 N–H and O–H groups in total. The summed E-state index contributed by atoms with van der Waals surface area (Å²) in [5.41, 5.74) is -2.07. The second-order valence-corrected chi connectivity index (χ2v) is 6.53. The lowest BCUT2D eigenvalue weighted by molar-refractivity contribution is -0.137. The second kappa shape index (κ2) is 6.23. The summed E-state index contributed by atoms with van der Waals surface area (Å²) in [6.07, 6.45) is -2.43. The predicted molar refractivity (Wildman–Crippen MR) is 99.2 cm³/mol. The fraction of sp³-hybridized carbons (Fsp3) is 0.143. The Labute approximate surface area is 161 Å². The Morgan fingerprint density at radius 2 is 1.76 bits per heavy atom. The molecule has 0 unspecified atom stereocenters. The third-order valence-corrected chi connectivity index (χ3v) is 4.79. The van der Waals surface area contributed by atoms with Gasteiger partial charge in [-0.3, -0.25) is 9.78 Å². The standard InChI is InChI=1S/C21H12F3NO4/c22-21(23,24)14-2-1-5-25-19(14)13-10-29-15-4-3-11-8-16-17(28-7-6-27-16)9-12(11)18(15)20(13)26/h1-5,8-10H,6-7H2. The van der Waals surface area contributed by atoms with Gasteiger partial charge in [0.05, 0.1) is 22.2 Å². The van der Waals surface area contributed by atoms with Crippen molar-refractivity contribution in [1.82, 2.24) is 4.98 Å². The highest BCUT2D eigenvalue weighted by molar-refractivity contribution is 6.07. The minimum Gasteiger partial charge on any atom is -0.486 e. The molecule has 0 atom stereocenters. The summed E-state index contributed by atoms with van der Waals surface area (Å²) in [6.45, 7) is 0.782. The fourth-order valence-corrected chi connectivity index (χ4v) is 3.50. The minimum absolute atomic E-state index is 0.163. The van der Waals surface area contributed by atoms with Crippen LogP contribution in [0.15, 0.2) is 58.1 Å². The highest BCUT2D eigenvalue weighted by Gasteiger charge is 2.35. The number of halogens is 3. The summed E-state index contributed by atoms with van der Waals surface area (Å²) in [5.74, 6) is 1.02. The molecule has 0 saturated heterocycles. The molecule has 2 aromatic heterocycles. The van der Waals surface area contributed by atoms with E-state index >= 15 is 0 Å². The first kappa shape index (κ1) is 17.5. The van der Waals surface area contributed by atoms with Crippen LogP contribution in [-0.2, 0) is 6.18 Å². The van der Waals surface area contributed by atoms with Crippen molar-refractivity contribution in [3.8, 4) is 22.8 Å². The van der Waals surface area contributed by atoms with Gasteiger partial charge in [0.25, 0.3) is 0 Å². The second-order valence-electron chi connectivity index (χ2n) is 6.53. The molecule has 5 nitrogen and oxygen atoms in total. The summed E-state index contributed by atoms with van der Waals surface area (Å²) in [5, 5.41) is 1.35. The first-order valence-corrected chi connectivity index (χ1v) is 8.74.